The molecule has 0 unspecified atom stereocenters. The van der Waals surface area contributed by atoms with Gasteiger partial charge in [0.15, 0.2) is 5.96 Å². The number of nitrogens with two attached hydrogens (primary N) is 4. The number of aliphatic hydroxyl groups is 3. The maximum atomic E-state index is 14.2. The summed E-state index contributed by atoms with van der Waals surface area (Å²) < 4.78 is 0. The molecule has 0 fully saturated rings. The second-order valence-electron chi connectivity index (χ2n) is 25.7. The molecule has 0 aliphatic carbocycles. The molecule has 554 valence electrons. The Morgan fingerprint density at radius 1 is 0.515 bits per heavy atom. The minimum atomic E-state index is -2.01. The number of carbonyl (C=O) groups is 14. The highest BCUT2D eigenvalue weighted by Crippen LogP contribution is 2.20. The Morgan fingerprint density at radius 3 is 1.46 bits per heavy atom. The maximum absolute atomic E-state index is 14.2. The van der Waals surface area contributed by atoms with Crippen molar-refractivity contribution in [3.05, 3.63) is 36.0 Å². The van der Waals surface area contributed by atoms with Gasteiger partial charge < -0.3 is 112 Å². The average Bonchev–Trinajstić information content (AvgIpc) is 1.77. The predicted octanol–water partition coefficient (Wildman–Crippen LogP) is -5.18. The summed E-state index contributed by atoms with van der Waals surface area (Å²) in [6.07, 6.45) is -5.46. The van der Waals surface area contributed by atoms with E-state index >= 15 is 0 Å². The number of amides is 12. The summed E-state index contributed by atoms with van der Waals surface area (Å²) in [5.74, 6) is -17.9. The molecule has 2 aromatic rings. The summed E-state index contributed by atoms with van der Waals surface area (Å²) in [7, 11) is 0. The van der Waals surface area contributed by atoms with Crippen molar-refractivity contribution in [3.8, 4) is 0 Å². The highest BCUT2D eigenvalue weighted by Gasteiger charge is 2.40. The summed E-state index contributed by atoms with van der Waals surface area (Å²) in [5.41, 5.74) is 24.0. The van der Waals surface area contributed by atoms with Gasteiger partial charge in [-0.15, -0.1) is 0 Å². The van der Waals surface area contributed by atoms with E-state index in [0.29, 0.717) is 5.56 Å². The molecule has 2 rings (SSSR count). The number of aromatic nitrogens is 1. The van der Waals surface area contributed by atoms with Crippen LogP contribution in [0.4, 0.5) is 0 Å². The second kappa shape index (κ2) is 41.6. The molecule has 99 heavy (non-hydrogen) atoms. The molecular weight excluding hydrogens is 1300 g/mol. The first-order chi connectivity index (χ1) is 46.2. The van der Waals surface area contributed by atoms with Gasteiger partial charge >= 0.3 is 11.9 Å². The largest absolute Gasteiger partial charge is 0.481 e. The average molecular weight is 1400 g/mol. The fourth-order valence-electron chi connectivity index (χ4n) is 10.0. The van der Waals surface area contributed by atoms with E-state index in [0.717, 1.165) is 24.8 Å². The number of guanidine groups is 1. The molecule has 0 saturated heterocycles. The third-order valence-electron chi connectivity index (χ3n) is 15.7. The van der Waals surface area contributed by atoms with Gasteiger partial charge in [0.1, 0.15) is 60.4 Å². The van der Waals surface area contributed by atoms with Gasteiger partial charge in [0.05, 0.1) is 37.3 Å². The number of carboxylic acid groups (broad SMARTS) is 2. The molecule has 25 N–H and O–H groups in total. The van der Waals surface area contributed by atoms with E-state index < -0.39 is 205 Å². The number of hydrogen-bond acceptors (Lipinski definition) is 19. The third-order valence-corrected chi connectivity index (χ3v) is 15.7. The number of carbonyl (C=O) groups excluding carboxylic acids is 12. The van der Waals surface area contributed by atoms with Gasteiger partial charge in [0, 0.05) is 30.1 Å². The molecule has 15 atom stereocenters. The fourth-order valence-corrected chi connectivity index (χ4v) is 10.0. The molecule has 1 aromatic carbocycles. The van der Waals surface area contributed by atoms with Gasteiger partial charge in [-0.25, -0.2) is 4.79 Å². The van der Waals surface area contributed by atoms with Gasteiger partial charge in [-0.2, -0.15) is 0 Å². The van der Waals surface area contributed by atoms with E-state index in [-0.39, 0.29) is 62.9 Å². The van der Waals surface area contributed by atoms with E-state index in [1.165, 1.54) is 20.8 Å². The Labute approximate surface area is 573 Å². The summed E-state index contributed by atoms with van der Waals surface area (Å²) in [4.78, 5) is 195. The third kappa shape index (κ3) is 29.6. The fraction of sp³-hybridized carbons (Fsp3) is 0.635. The molecule has 0 radical (unpaired) electrons. The second-order valence-corrected chi connectivity index (χ2v) is 25.7. The van der Waals surface area contributed by atoms with E-state index in [9.17, 15) is 92.7 Å². The van der Waals surface area contributed by atoms with E-state index in [1.54, 1.807) is 53.8 Å². The Morgan fingerprint density at radius 2 is 0.960 bits per heavy atom. The standard InChI is InChI=1S/C63H103N17O19/c1-12-31(8)48(77-60(96)49(32(9)81)78-52(88)37(64)24-35-26-69-38-17-14-13-16-36(35)38)58(94)73-40(19-20-44(65)84)54(90)79-50(33(10)82)61(97)80-51(34(11)83)59(95)76-47(30(6)7)57(93)74-42(25-46(86)87)56(92)72-39(18-15-21-68-63(66)67)53(89)70-27-45(85)71-41(22-28(2)3)55(91)75-43(62(98)99)23-29(4)5/h13-14,16-17,26,28-34,37,39-43,47-51,69,81-83H,12,15,18-25,27,64H2,1-11H3,(H2,65,84)(H,70,89)(H,71,85)(H,72,92)(H,73,94)(H,74,93)(H,75,91)(H,76,95)(H,77,96)(H,78,88)(H,79,90)(H,80,97)(H,86,87)(H,98,99)(H4,66,67,68)/t31-,32+,33+,34+,37-,39-,40-,41-,42-,43-,47-,48-,49-,50-,51-/m0/s1. The maximum Gasteiger partial charge on any atom is 0.326 e. The zero-order valence-corrected chi connectivity index (χ0v) is 57.8. The van der Waals surface area contributed by atoms with Crippen molar-refractivity contribution >= 4 is 99.7 Å². The lowest BCUT2D eigenvalue weighted by Gasteiger charge is -2.31. The number of rotatable bonds is 44. The summed E-state index contributed by atoms with van der Waals surface area (Å²) in [6.45, 7) is 15.5. The number of aliphatic carboxylic acids is 2. The monoisotopic (exact) mass is 1400 g/mol. The highest BCUT2D eigenvalue weighted by atomic mass is 16.4. The number of benzene rings is 1. The Hall–Kier alpha value is -9.55. The number of nitrogens with one attached hydrogen (secondary N) is 12. The van der Waals surface area contributed by atoms with Crippen LogP contribution in [0.5, 0.6) is 0 Å². The van der Waals surface area contributed by atoms with Crippen molar-refractivity contribution in [2.75, 3.05) is 13.1 Å². The van der Waals surface area contributed by atoms with Crippen LogP contribution in [0.3, 0.4) is 0 Å². The van der Waals surface area contributed by atoms with Crippen molar-refractivity contribution < 1.29 is 92.7 Å². The molecule has 36 nitrogen and oxygen atoms in total. The van der Waals surface area contributed by atoms with Crippen LogP contribution >= 0.6 is 0 Å². The number of fused-ring (bicyclic) bond motifs is 1. The Balaban J connectivity index is 2.35. The molecule has 0 bridgehead atoms. The van der Waals surface area contributed by atoms with Crippen molar-refractivity contribution in [1.82, 2.24) is 63.5 Å². The normalized spacial score (nSPS) is 15.9. The molecule has 0 spiro atoms. The van der Waals surface area contributed by atoms with Crippen molar-refractivity contribution in [2.24, 2.45) is 51.6 Å². The lowest BCUT2D eigenvalue weighted by Crippen LogP contribution is -2.64. The lowest BCUT2D eigenvalue weighted by molar-refractivity contribution is -0.143. The number of carboxylic acids is 2. The Bertz CT molecular complexity index is 3150. The number of aromatic amines is 1. The van der Waals surface area contributed by atoms with Crippen LogP contribution in [-0.4, -0.2) is 217 Å². The lowest BCUT2D eigenvalue weighted by atomic mass is 9.96. The highest BCUT2D eigenvalue weighted by molar-refractivity contribution is 6.00. The number of H-pyrrole nitrogens is 1. The van der Waals surface area contributed by atoms with Crippen molar-refractivity contribution in [2.45, 2.75) is 219 Å². The molecule has 36 heteroatoms. The van der Waals surface area contributed by atoms with Gasteiger partial charge in [0.2, 0.25) is 70.9 Å². The van der Waals surface area contributed by atoms with Crippen LogP contribution in [-0.2, 0) is 73.5 Å². The zero-order chi connectivity index (χ0) is 75.3. The molecule has 1 aromatic heterocycles. The number of para-hydroxylation sites is 1. The smallest absolute Gasteiger partial charge is 0.326 e. The predicted molar refractivity (Wildman–Crippen MR) is 359 cm³/mol. The van der Waals surface area contributed by atoms with Crippen LogP contribution < -0.4 is 81.4 Å². The number of aliphatic imine (C=N–C) groups is 1. The number of aliphatic hydroxyl groups excluding tert-OH is 3. The molecular formula is C63H103N17O19. The van der Waals surface area contributed by atoms with Gasteiger partial charge in [-0.05, 0) is 94.6 Å². The minimum absolute atomic E-state index is 0.00400. The molecule has 0 saturated carbocycles. The summed E-state index contributed by atoms with van der Waals surface area (Å²) in [5, 5.41) is 78.8. The van der Waals surface area contributed by atoms with Crippen LogP contribution in [0.15, 0.2) is 35.5 Å². The molecule has 1 heterocycles. The molecule has 0 aliphatic rings. The number of primary amides is 1. The quantitative estimate of drug-likeness (QED) is 0.0168. The first kappa shape index (κ1) is 85.5. The van der Waals surface area contributed by atoms with Crippen molar-refractivity contribution in [3.63, 3.8) is 0 Å². The number of nitrogens with zero attached hydrogens (tertiary/aromatic N) is 1. The van der Waals surface area contributed by atoms with Crippen LogP contribution in [0.2, 0.25) is 0 Å². The van der Waals surface area contributed by atoms with Crippen molar-refractivity contribution in [1.29, 1.82) is 0 Å². The summed E-state index contributed by atoms with van der Waals surface area (Å²) >= 11 is 0. The first-order valence-electron chi connectivity index (χ1n) is 32.6. The molecule has 12 amide bonds. The minimum Gasteiger partial charge on any atom is -0.481 e. The van der Waals surface area contributed by atoms with E-state index in [1.807, 2.05) is 18.2 Å². The topological polar surface area (TPSA) is 605 Å². The van der Waals surface area contributed by atoms with E-state index in [2.05, 4.69) is 68.5 Å². The summed E-state index contributed by atoms with van der Waals surface area (Å²) in [6, 6.07) is -10.6. The SMILES string of the molecule is CC[C@H](C)[C@H](NC(=O)[C@@H](NC(=O)[C@@H](N)Cc1c[nH]c2ccccc12)[C@@H](C)O)C(=O)N[C@@H](CCC(N)=O)C(=O)N[C@H](C(=O)N[C@H](C(=O)N[C@H](C(=O)N[C@@H](CC(=O)O)C(=O)N[C@@H](CCCN=C(N)N)C(=O)NCC(=O)N[C@@H](CC(C)C)C(=O)N[C@@H](CC(C)C)C(=O)O)C(C)C)[C@@H](C)O)[C@@H](C)O. The number of hydrogen-bond donors (Lipinski definition) is 21. The zero-order valence-electron chi connectivity index (χ0n) is 57.8. The first-order valence-corrected chi connectivity index (χ1v) is 32.6. The van der Waals surface area contributed by atoms with Gasteiger partial charge in [-0.3, -0.25) is 67.3 Å². The van der Waals surface area contributed by atoms with Crippen LogP contribution in [0, 0.1) is 23.7 Å². The van der Waals surface area contributed by atoms with Gasteiger partial charge in [0.25, 0.3) is 0 Å². The Kier molecular flexibility index (Phi) is 36.0. The molecule has 0 aliphatic heterocycles. The van der Waals surface area contributed by atoms with E-state index in [4.69, 9.17) is 22.9 Å². The van der Waals surface area contributed by atoms with Gasteiger partial charge in [-0.1, -0.05) is 80.0 Å². The van der Waals surface area contributed by atoms with Crippen LogP contribution in [0.1, 0.15) is 133 Å². The van der Waals surface area contributed by atoms with Crippen LogP contribution in [0.25, 0.3) is 10.9 Å².